The van der Waals surface area contributed by atoms with E-state index in [0.29, 0.717) is 17.3 Å². The smallest absolute Gasteiger partial charge is 0.246 e. The highest BCUT2D eigenvalue weighted by atomic mass is 79.9. The fraction of sp³-hybridized carbons (Fsp3) is 0.231. The summed E-state index contributed by atoms with van der Waals surface area (Å²) < 4.78 is 7.65. The van der Waals surface area contributed by atoms with E-state index in [0.717, 1.165) is 10.0 Å². The molecule has 3 N–H and O–H groups in total. The molecular formula is C13H15BrN4O2. The lowest BCUT2D eigenvalue weighted by molar-refractivity contribution is -0.116. The van der Waals surface area contributed by atoms with Gasteiger partial charge in [0.2, 0.25) is 5.91 Å². The third-order valence-corrected chi connectivity index (χ3v) is 3.17. The standard InChI is InChI=1S/C13H15BrN4O2/c1-8-5-9(14)6-10(20-2)13(8)16-12(19)7-18-4-3-11(15)17-18/h3-6H,7H2,1-2H3,(H2,15,17)(H,16,19). The summed E-state index contributed by atoms with van der Waals surface area (Å²) >= 11 is 3.39. The van der Waals surface area contributed by atoms with Gasteiger partial charge in [-0.2, -0.15) is 5.10 Å². The van der Waals surface area contributed by atoms with Crippen molar-refractivity contribution in [1.82, 2.24) is 9.78 Å². The fourth-order valence-corrected chi connectivity index (χ4v) is 2.38. The van der Waals surface area contributed by atoms with Crippen molar-refractivity contribution in [2.45, 2.75) is 13.5 Å². The number of nitrogens with two attached hydrogens (primary N) is 1. The van der Waals surface area contributed by atoms with Crippen molar-refractivity contribution >= 4 is 33.3 Å². The summed E-state index contributed by atoms with van der Waals surface area (Å²) in [4.78, 5) is 12.0. The number of halogens is 1. The van der Waals surface area contributed by atoms with Crippen LogP contribution in [0.2, 0.25) is 0 Å². The van der Waals surface area contributed by atoms with Gasteiger partial charge in [0.1, 0.15) is 18.1 Å². The summed E-state index contributed by atoms with van der Waals surface area (Å²) in [5.41, 5.74) is 7.06. The van der Waals surface area contributed by atoms with E-state index < -0.39 is 0 Å². The lowest BCUT2D eigenvalue weighted by Crippen LogP contribution is -2.20. The van der Waals surface area contributed by atoms with E-state index >= 15 is 0 Å². The summed E-state index contributed by atoms with van der Waals surface area (Å²) in [6, 6.07) is 5.34. The molecule has 106 valence electrons. The molecule has 0 aliphatic rings. The highest BCUT2D eigenvalue weighted by Gasteiger charge is 2.12. The molecule has 2 rings (SSSR count). The van der Waals surface area contributed by atoms with Gasteiger partial charge in [0.05, 0.1) is 12.8 Å². The maximum Gasteiger partial charge on any atom is 0.246 e. The number of hydrogen-bond donors (Lipinski definition) is 2. The Morgan fingerprint density at radius 3 is 2.90 bits per heavy atom. The zero-order valence-electron chi connectivity index (χ0n) is 11.2. The van der Waals surface area contributed by atoms with Gasteiger partial charge in [-0.3, -0.25) is 9.48 Å². The predicted molar refractivity (Wildman–Crippen MR) is 80.7 cm³/mol. The molecule has 0 saturated carbocycles. The normalized spacial score (nSPS) is 10.3. The molecule has 0 aliphatic carbocycles. The lowest BCUT2D eigenvalue weighted by Gasteiger charge is -2.13. The molecule has 0 aliphatic heterocycles. The second-order valence-electron chi connectivity index (χ2n) is 4.29. The third-order valence-electron chi connectivity index (χ3n) is 2.72. The first kappa shape index (κ1) is 14.4. The number of nitrogens with one attached hydrogen (secondary N) is 1. The van der Waals surface area contributed by atoms with Crippen LogP contribution in [-0.2, 0) is 11.3 Å². The van der Waals surface area contributed by atoms with E-state index in [4.69, 9.17) is 10.5 Å². The van der Waals surface area contributed by atoms with Gasteiger partial charge in [0, 0.05) is 10.7 Å². The first-order chi connectivity index (χ1) is 9.49. The summed E-state index contributed by atoms with van der Waals surface area (Å²) in [7, 11) is 1.56. The first-order valence-corrected chi connectivity index (χ1v) is 6.72. The molecule has 0 fully saturated rings. The van der Waals surface area contributed by atoms with Crippen molar-refractivity contribution in [3.63, 3.8) is 0 Å². The zero-order valence-corrected chi connectivity index (χ0v) is 12.8. The molecule has 0 bridgehead atoms. The molecular weight excluding hydrogens is 324 g/mol. The molecule has 1 heterocycles. The van der Waals surface area contributed by atoms with E-state index in [9.17, 15) is 4.79 Å². The Kier molecular flexibility index (Phi) is 4.29. The minimum atomic E-state index is -0.197. The van der Waals surface area contributed by atoms with Crippen molar-refractivity contribution in [3.05, 3.63) is 34.4 Å². The average Bonchev–Trinajstić information content (AvgIpc) is 2.77. The largest absolute Gasteiger partial charge is 0.495 e. The number of benzene rings is 1. The van der Waals surface area contributed by atoms with Crippen LogP contribution >= 0.6 is 15.9 Å². The monoisotopic (exact) mass is 338 g/mol. The Labute approximate surface area is 125 Å². The Hall–Kier alpha value is -2.02. The van der Waals surface area contributed by atoms with E-state index in [1.54, 1.807) is 25.4 Å². The van der Waals surface area contributed by atoms with Crippen LogP contribution in [0.15, 0.2) is 28.9 Å². The summed E-state index contributed by atoms with van der Waals surface area (Å²) in [6.07, 6.45) is 1.65. The highest BCUT2D eigenvalue weighted by molar-refractivity contribution is 9.10. The highest BCUT2D eigenvalue weighted by Crippen LogP contribution is 2.32. The van der Waals surface area contributed by atoms with E-state index in [2.05, 4.69) is 26.3 Å². The Balaban J connectivity index is 2.15. The predicted octanol–water partition coefficient (Wildman–Crippen LogP) is 2.18. The molecule has 1 aromatic carbocycles. The minimum Gasteiger partial charge on any atom is -0.495 e. The topological polar surface area (TPSA) is 82.2 Å². The zero-order chi connectivity index (χ0) is 14.7. The van der Waals surface area contributed by atoms with Gasteiger partial charge >= 0.3 is 0 Å². The third kappa shape index (κ3) is 3.30. The number of anilines is 2. The maximum atomic E-state index is 12.0. The van der Waals surface area contributed by atoms with Gasteiger partial charge in [-0.1, -0.05) is 15.9 Å². The number of methoxy groups -OCH3 is 1. The van der Waals surface area contributed by atoms with Crippen molar-refractivity contribution in [3.8, 4) is 5.75 Å². The number of carbonyl (C=O) groups is 1. The summed E-state index contributed by atoms with van der Waals surface area (Å²) in [5, 5.41) is 6.79. The second kappa shape index (κ2) is 5.96. The van der Waals surface area contributed by atoms with Crippen LogP contribution in [0, 0.1) is 6.92 Å². The molecule has 20 heavy (non-hydrogen) atoms. The van der Waals surface area contributed by atoms with E-state index in [1.165, 1.54) is 4.68 Å². The van der Waals surface area contributed by atoms with Crippen molar-refractivity contribution in [2.75, 3.05) is 18.2 Å². The van der Waals surface area contributed by atoms with Gasteiger partial charge in [-0.15, -0.1) is 0 Å². The Morgan fingerprint density at radius 1 is 1.55 bits per heavy atom. The second-order valence-corrected chi connectivity index (χ2v) is 5.20. The number of aryl methyl sites for hydroxylation is 1. The number of nitrogen functional groups attached to an aromatic ring is 1. The van der Waals surface area contributed by atoms with Crippen LogP contribution in [0.1, 0.15) is 5.56 Å². The Morgan fingerprint density at radius 2 is 2.30 bits per heavy atom. The SMILES string of the molecule is COc1cc(Br)cc(C)c1NC(=O)Cn1ccc(N)n1. The number of amides is 1. The van der Waals surface area contributed by atoms with E-state index in [1.807, 2.05) is 13.0 Å². The summed E-state index contributed by atoms with van der Waals surface area (Å²) in [6.45, 7) is 1.99. The molecule has 0 radical (unpaired) electrons. The van der Waals surface area contributed by atoms with Crippen LogP contribution in [-0.4, -0.2) is 22.8 Å². The van der Waals surface area contributed by atoms with Gasteiger partial charge in [-0.25, -0.2) is 0 Å². The number of rotatable bonds is 4. The lowest BCUT2D eigenvalue weighted by atomic mass is 10.2. The van der Waals surface area contributed by atoms with Crippen LogP contribution in [0.3, 0.4) is 0 Å². The number of carbonyl (C=O) groups excluding carboxylic acids is 1. The van der Waals surface area contributed by atoms with Crippen molar-refractivity contribution < 1.29 is 9.53 Å². The average molecular weight is 339 g/mol. The molecule has 0 saturated heterocycles. The van der Waals surface area contributed by atoms with Gasteiger partial charge < -0.3 is 15.8 Å². The van der Waals surface area contributed by atoms with Gasteiger partial charge in [0.15, 0.2) is 0 Å². The maximum absolute atomic E-state index is 12.0. The number of nitrogens with zero attached hydrogens (tertiary/aromatic N) is 2. The molecule has 1 aromatic heterocycles. The van der Waals surface area contributed by atoms with Gasteiger partial charge in [0.25, 0.3) is 0 Å². The molecule has 7 heteroatoms. The van der Waals surface area contributed by atoms with Crippen molar-refractivity contribution in [1.29, 1.82) is 0 Å². The Bertz CT molecular complexity index is 639. The quantitative estimate of drug-likeness (QED) is 0.895. The number of aromatic nitrogens is 2. The van der Waals surface area contributed by atoms with Crippen LogP contribution < -0.4 is 15.8 Å². The minimum absolute atomic E-state index is 0.0931. The molecule has 2 aromatic rings. The molecule has 0 atom stereocenters. The molecule has 6 nitrogen and oxygen atoms in total. The van der Waals surface area contributed by atoms with Crippen LogP contribution in [0.5, 0.6) is 5.75 Å². The molecule has 0 spiro atoms. The van der Waals surface area contributed by atoms with Crippen LogP contribution in [0.25, 0.3) is 0 Å². The number of hydrogen-bond acceptors (Lipinski definition) is 4. The van der Waals surface area contributed by atoms with E-state index in [-0.39, 0.29) is 12.5 Å². The number of ether oxygens (including phenoxy) is 1. The van der Waals surface area contributed by atoms with Crippen LogP contribution in [0.4, 0.5) is 11.5 Å². The van der Waals surface area contributed by atoms with Crippen molar-refractivity contribution in [2.24, 2.45) is 0 Å². The molecule has 0 unspecified atom stereocenters. The van der Waals surface area contributed by atoms with Gasteiger partial charge in [-0.05, 0) is 30.7 Å². The first-order valence-electron chi connectivity index (χ1n) is 5.92. The fourth-order valence-electron chi connectivity index (χ4n) is 1.83. The summed E-state index contributed by atoms with van der Waals surface area (Å²) in [5.74, 6) is 0.789. The molecule has 1 amide bonds.